The number of rotatable bonds is 14. The van der Waals surface area contributed by atoms with Gasteiger partial charge in [-0.3, -0.25) is 19.2 Å². The Kier molecular flexibility index (Phi) is 16.1. The summed E-state index contributed by atoms with van der Waals surface area (Å²) in [7, 11) is 0. The summed E-state index contributed by atoms with van der Waals surface area (Å²) >= 11 is 0. The van der Waals surface area contributed by atoms with E-state index in [0.29, 0.717) is 75.8 Å². The SMILES string of the molecule is C.O=C(NCc1ccc2c(c1)N(CC1CCCCC1)C(=O)CO2)c1cc(-c2nnn(CC3CCCCC3)n2)n2nccc2n1.O=C1COc2ccc(CNC(=O)c3cc(-c4nnn(CC5CCCCC5)n4)n4nccc4n3)cc2N1. The van der Waals surface area contributed by atoms with Gasteiger partial charge < -0.3 is 30.3 Å². The first-order valence-corrected chi connectivity index (χ1v) is 27.7. The summed E-state index contributed by atoms with van der Waals surface area (Å²) in [5.74, 6) is 2.82. The van der Waals surface area contributed by atoms with Crippen LogP contribution in [0, 0.1) is 17.8 Å². The molecule has 3 aliphatic carbocycles. The zero-order valence-electron chi connectivity index (χ0n) is 43.9. The fraction of sp³-hybridized carbons (Fsp3) is 0.464. The van der Waals surface area contributed by atoms with Gasteiger partial charge in [-0.1, -0.05) is 77.3 Å². The van der Waals surface area contributed by atoms with E-state index in [2.05, 4.69) is 66.9 Å². The van der Waals surface area contributed by atoms with Crippen molar-refractivity contribution < 1.29 is 28.7 Å². The first-order valence-electron chi connectivity index (χ1n) is 27.7. The van der Waals surface area contributed by atoms with E-state index in [4.69, 9.17) is 9.47 Å². The minimum absolute atomic E-state index is 0. The Labute approximate surface area is 461 Å². The molecule has 6 aromatic heterocycles. The maximum atomic E-state index is 13.3. The zero-order chi connectivity index (χ0) is 53.7. The monoisotopic (exact) mass is 1090 g/mol. The number of anilines is 2. The molecule has 3 saturated carbocycles. The Bertz CT molecular complexity index is 3510. The summed E-state index contributed by atoms with van der Waals surface area (Å²) in [5, 5.41) is 43.6. The minimum Gasteiger partial charge on any atom is -0.482 e. The Hall–Kier alpha value is -8.70. The number of amides is 4. The molecule has 0 spiro atoms. The average Bonchev–Trinajstić information content (AvgIpc) is 4.49. The number of nitrogens with one attached hydrogen (secondary N) is 3. The van der Waals surface area contributed by atoms with Crippen molar-refractivity contribution in [2.24, 2.45) is 17.8 Å². The Morgan fingerprint density at radius 1 is 0.575 bits per heavy atom. The van der Waals surface area contributed by atoms with Crippen LogP contribution >= 0.6 is 0 Å². The third-order valence-corrected chi connectivity index (χ3v) is 15.6. The molecule has 80 heavy (non-hydrogen) atoms. The molecule has 2 aliphatic heterocycles. The summed E-state index contributed by atoms with van der Waals surface area (Å²) in [6.07, 6.45) is 21.6. The molecule has 8 aromatic rings. The van der Waals surface area contributed by atoms with Gasteiger partial charge in [0, 0.05) is 31.8 Å². The van der Waals surface area contributed by atoms with Gasteiger partial charge >= 0.3 is 0 Å². The average molecular weight is 1090 g/mol. The maximum Gasteiger partial charge on any atom is 0.270 e. The highest BCUT2D eigenvalue weighted by atomic mass is 16.5. The third-order valence-electron chi connectivity index (χ3n) is 15.6. The molecule has 2 aromatic carbocycles. The van der Waals surface area contributed by atoms with Crippen molar-refractivity contribution in [1.29, 1.82) is 0 Å². The van der Waals surface area contributed by atoms with Gasteiger partial charge in [0.1, 0.15) is 34.3 Å². The number of hydrogen-bond acceptors (Lipinski definition) is 16. The smallest absolute Gasteiger partial charge is 0.270 e. The third kappa shape index (κ3) is 12.1. The lowest BCUT2D eigenvalue weighted by Crippen LogP contribution is -2.42. The molecule has 0 radical (unpaired) electrons. The van der Waals surface area contributed by atoms with Crippen molar-refractivity contribution in [1.82, 2.24) is 80.2 Å². The van der Waals surface area contributed by atoms with E-state index in [1.165, 1.54) is 83.5 Å². The van der Waals surface area contributed by atoms with Crippen molar-refractivity contribution in [3.8, 4) is 34.5 Å². The number of hydrogen-bond donors (Lipinski definition) is 3. The quantitative estimate of drug-likeness (QED) is 0.0983. The second-order valence-electron chi connectivity index (χ2n) is 21.2. The molecule has 0 saturated heterocycles. The van der Waals surface area contributed by atoms with Crippen molar-refractivity contribution in [2.45, 2.75) is 130 Å². The van der Waals surface area contributed by atoms with Crippen LogP contribution in [0.15, 0.2) is 73.1 Å². The van der Waals surface area contributed by atoms with E-state index in [1.807, 2.05) is 29.2 Å². The summed E-state index contributed by atoms with van der Waals surface area (Å²) in [6.45, 7) is 2.76. The normalized spacial score (nSPS) is 16.8. The van der Waals surface area contributed by atoms with Crippen LogP contribution in [0.25, 0.3) is 34.3 Å². The Balaban J connectivity index is 0.000000169. The summed E-state index contributed by atoms with van der Waals surface area (Å²) in [6, 6.07) is 17.9. The summed E-state index contributed by atoms with van der Waals surface area (Å²) < 4.78 is 14.3. The van der Waals surface area contributed by atoms with Gasteiger partial charge in [-0.2, -0.15) is 19.8 Å². The largest absolute Gasteiger partial charge is 0.482 e. The first kappa shape index (κ1) is 53.3. The van der Waals surface area contributed by atoms with Crippen LogP contribution in [0.2, 0.25) is 0 Å². The van der Waals surface area contributed by atoms with Crippen molar-refractivity contribution in [2.75, 3.05) is 30.0 Å². The second kappa shape index (κ2) is 24.1. The highest BCUT2D eigenvalue weighted by molar-refractivity contribution is 5.98. The van der Waals surface area contributed by atoms with Gasteiger partial charge in [-0.15, -0.1) is 20.4 Å². The molecule has 8 heterocycles. The number of carbonyl (C=O) groups is 4. The number of ether oxygens (including phenoxy) is 2. The van der Waals surface area contributed by atoms with E-state index >= 15 is 0 Å². The number of carbonyl (C=O) groups excluding carboxylic acids is 4. The molecule has 0 bridgehead atoms. The lowest BCUT2D eigenvalue weighted by molar-refractivity contribution is -0.121. The predicted molar refractivity (Wildman–Crippen MR) is 293 cm³/mol. The van der Waals surface area contributed by atoms with Crippen LogP contribution in [0.1, 0.15) is 136 Å². The first-order chi connectivity index (χ1) is 38.7. The standard InChI is InChI=1S/C31H37N9O3.C24H25N9O3.CH4/c41-29-20-43-27-12-11-23(15-25(27)38(29)18-21-7-3-1-4-8-21)17-32-31(42)24-16-26(40-28(34-24)13-14-33-40)30-35-37-39(36-30)19-22-9-5-2-6-10-22;34-22-14-36-20-7-6-16(10-17(20)28-22)12-25-24(35)18-11-19(33-21(27-18)8-9-26-33)23-29-31-32(30-23)13-15-4-2-1-3-5-15;/h11-16,21-22H,1-10,17-20H2,(H,32,42);6-11,15H,1-5,12-14H2,(H,25,35)(H,28,34);1H4. The van der Waals surface area contributed by atoms with Gasteiger partial charge in [0.05, 0.1) is 36.9 Å². The minimum atomic E-state index is -0.354. The summed E-state index contributed by atoms with van der Waals surface area (Å²) in [4.78, 5) is 64.9. The van der Waals surface area contributed by atoms with Crippen LogP contribution in [-0.4, -0.2) is 113 Å². The van der Waals surface area contributed by atoms with Crippen LogP contribution < -0.4 is 30.3 Å². The van der Waals surface area contributed by atoms with Gasteiger partial charge in [0.2, 0.25) is 11.6 Å². The molecule has 416 valence electrons. The Morgan fingerprint density at radius 2 is 1.06 bits per heavy atom. The highest BCUT2D eigenvalue weighted by Crippen LogP contribution is 2.36. The highest BCUT2D eigenvalue weighted by Gasteiger charge is 2.30. The van der Waals surface area contributed by atoms with E-state index in [0.717, 1.165) is 42.7 Å². The maximum absolute atomic E-state index is 13.3. The lowest BCUT2D eigenvalue weighted by Gasteiger charge is -2.34. The molecule has 13 rings (SSSR count). The van der Waals surface area contributed by atoms with Gasteiger partial charge in [-0.05, 0) is 114 Å². The van der Waals surface area contributed by atoms with Crippen molar-refractivity contribution in [3.63, 3.8) is 0 Å². The fourth-order valence-corrected chi connectivity index (χ4v) is 11.4. The Morgan fingerprint density at radius 3 is 1.60 bits per heavy atom. The molecular weight excluding hydrogens is 1020 g/mol. The molecule has 5 aliphatic rings. The van der Waals surface area contributed by atoms with Gasteiger partial charge in [0.25, 0.3) is 23.6 Å². The molecule has 24 nitrogen and oxygen atoms in total. The van der Waals surface area contributed by atoms with E-state index in [-0.39, 0.29) is 68.7 Å². The topological polar surface area (TPSA) is 274 Å². The number of fused-ring (bicyclic) bond motifs is 4. The number of nitrogens with zero attached hydrogens (tertiary/aromatic N) is 15. The van der Waals surface area contributed by atoms with Crippen LogP contribution in [0.4, 0.5) is 11.4 Å². The van der Waals surface area contributed by atoms with E-state index < -0.39 is 0 Å². The molecular formula is C56H66N18O6. The fourth-order valence-electron chi connectivity index (χ4n) is 11.4. The van der Waals surface area contributed by atoms with Crippen molar-refractivity contribution >= 4 is 46.3 Å². The molecule has 4 amide bonds. The second-order valence-corrected chi connectivity index (χ2v) is 21.2. The van der Waals surface area contributed by atoms with Crippen molar-refractivity contribution in [3.05, 3.63) is 95.6 Å². The number of benzene rings is 2. The lowest BCUT2D eigenvalue weighted by atomic mass is 9.88. The molecule has 0 unspecified atom stereocenters. The zero-order valence-corrected chi connectivity index (χ0v) is 43.9. The number of tetrazole rings is 2. The van der Waals surface area contributed by atoms with Gasteiger partial charge in [-0.25, -0.2) is 19.0 Å². The van der Waals surface area contributed by atoms with Crippen LogP contribution in [-0.2, 0) is 35.8 Å². The molecule has 3 fully saturated rings. The predicted octanol–water partition coefficient (Wildman–Crippen LogP) is 7.06. The van der Waals surface area contributed by atoms with Crippen LogP contribution in [0.5, 0.6) is 11.5 Å². The molecule has 3 N–H and O–H groups in total. The number of aromatic nitrogens is 14. The van der Waals surface area contributed by atoms with E-state index in [9.17, 15) is 19.2 Å². The van der Waals surface area contributed by atoms with E-state index in [1.54, 1.807) is 67.4 Å². The van der Waals surface area contributed by atoms with Gasteiger partial charge in [0.15, 0.2) is 24.5 Å². The summed E-state index contributed by atoms with van der Waals surface area (Å²) in [5.41, 5.74) is 5.63. The molecule has 24 heteroatoms. The van der Waals surface area contributed by atoms with Crippen LogP contribution in [0.3, 0.4) is 0 Å². The molecule has 0 atom stereocenters.